The van der Waals surface area contributed by atoms with Crippen LogP contribution in [0.25, 0.3) is 0 Å². The summed E-state index contributed by atoms with van der Waals surface area (Å²) in [6, 6.07) is 4.32. The summed E-state index contributed by atoms with van der Waals surface area (Å²) in [7, 11) is 1.27. The highest BCUT2D eigenvalue weighted by atomic mass is 19.4. The standard InChI is InChI=1S/C13H15F3O3/c1-8(12(17)18-3)9(2)19-11-6-4-10(5-7-11)13(14,15)16/h4-9H,1-3H3/t8-,9-/m0/s1. The molecule has 0 saturated carbocycles. The molecule has 19 heavy (non-hydrogen) atoms. The van der Waals surface area contributed by atoms with Crippen LogP contribution in [-0.4, -0.2) is 19.2 Å². The van der Waals surface area contributed by atoms with Crippen LogP contribution in [0.15, 0.2) is 24.3 Å². The molecule has 0 heterocycles. The number of benzene rings is 1. The number of alkyl halides is 3. The topological polar surface area (TPSA) is 35.5 Å². The molecule has 0 bridgehead atoms. The Morgan fingerprint density at radius 2 is 1.68 bits per heavy atom. The molecule has 0 amide bonds. The van der Waals surface area contributed by atoms with E-state index in [4.69, 9.17) is 4.74 Å². The van der Waals surface area contributed by atoms with E-state index in [2.05, 4.69) is 4.74 Å². The SMILES string of the molecule is COC(=O)[C@@H](C)[C@H](C)Oc1ccc(C(F)(F)F)cc1. The Labute approximate surface area is 109 Å². The largest absolute Gasteiger partial charge is 0.490 e. The number of carbonyl (C=O) groups excluding carboxylic acids is 1. The molecule has 0 aromatic heterocycles. The number of halogens is 3. The summed E-state index contributed by atoms with van der Waals surface area (Å²) < 4.78 is 47.0. The van der Waals surface area contributed by atoms with Gasteiger partial charge in [-0.2, -0.15) is 13.2 Å². The first-order chi connectivity index (χ1) is 8.75. The molecular formula is C13H15F3O3. The first-order valence-electron chi connectivity index (χ1n) is 5.67. The van der Waals surface area contributed by atoms with Gasteiger partial charge < -0.3 is 9.47 Å². The second kappa shape index (κ2) is 5.95. The molecule has 0 aliphatic rings. The average Bonchev–Trinajstić information content (AvgIpc) is 2.36. The molecule has 2 atom stereocenters. The van der Waals surface area contributed by atoms with Gasteiger partial charge in [-0.05, 0) is 38.1 Å². The first kappa shape index (κ1) is 15.3. The van der Waals surface area contributed by atoms with Gasteiger partial charge in [0, 0.05) is 0 Å². The molecule has 0 fully saturated rings. The zero-order valence-electron chi connectivity index (χ0n) is 10.8. The Kier molecular flexibility index (Phi) is 4.80. The monoisotopic (exact) mass is 276 g/mol. The third-order valence-electron chi connectivity index (χ3n) is 2.78. The van der Waals surface area contributed by atoms with E-state index in [9.17, 15) is 18.0 Å². The Morgan fingerprint density at radius 1 is 1.16 bits per heavy atom. The van der Waals surface area contributed by atoms with E-state index in [0.717, 1.165) is 12.1 Å². The maximum atomic E-state index is 12.4. The highest BCUT2D eigenvalue weighted by Crippen LogP contribution is 2.30. The van der Waals surface area contributed by atoms with Crippen molar-refractivity contribution < 1.29 is 27.4 Å². The molecule has 1 aromatic carbocycles. The lowest BCUT2D eigenvalue weighted by Crippen LogP contribution is -2.29. The maximum Gasteiger partial charge on any atom is 0.416 e. The van der Waals surface area contributed by atoms with Gasteiger partial charge in [0.1, 0.15) is 11.9 Å². The quantitative estimate of drug-likeness (QED) is 0.792. The minimum atomic E-state index is -4.37. The Morgan fingerprint density at radius 3 is 2.11 bits per heavy atom. The number of rotatable bonds is 4. The first-order valence-corrected chi connectivity index (χ1v) is 5.67. The molecule has 106 valence electrons. The predicted octanol–water partition coefficient (Wildman–Crippen LogP) is 3.28. The fraction of sp³-hybridized carbons (Fsp3) is 0.462. The Balaban J connectivity index is 2.70. The van der Waals surface area contributed by atoms with Crippen LogP contribution < -0.4 is 4.74 Å². The third kappa shape index (κ3) is 4.15. The molecular weight excluding hydrogens is 261 g/mol. The van der Waals surface area contributed by atoms with Crippen molar-refractivity contribution in [2.24, 2.45) is 5.92 Å². The molecule has 6 heteroatoms. The van der Waals surface area contributed by atoms with Crippen LogP contribution in [0.3, 0.4) is 0 Å². The molecule has 0 unspecified atom stereocenters. The molecule has 3 nitrogen and oxygen atoms in total. The Bertz CT molecular complexity index is 426. The Hall–Kier alpha value is -1.72. The minimum absolute atomic E-state index is 0.274. The third-order valence-corrected chi connectivity index (χ3v) is 2.78. The molecule has 0 N–H and O–H groups in total. The summed E-state index contributed by atoms with van der Waals surface area (Å²) in [4.78, 5) is 11.3. The van der Waals surface area contributed by atoms with Crippen LogP contribution in [0.5, 0.6) is 5.75 Å². The van der Waals surface area contributed by atoms with E-state index in [1.165, 1.54) is 19.2 Å². The van der Waals surface area contributed by atoms with Crippen LogP contribution in [-0.2, 0) is 15.7 Å². The normalized spacial score (nSPS) is 14.6. The van der Waals surface area contributed by atoms with E-state index >= 15 is 0 Å². The number of hydrogen-bond acceptors (Lipinski definition) is 3. The summed E-state index contributed by atoms with van der Waals surface area (Å²) in [5, 5.41) is 0. The van der Waals surface area contributed by atoms with Crippen molar-refractivity contribution in [2.45, 2.75) is 26.1 Å². The fourth-order valence-electron chi connectivity index (χ4n) is 1.42. The van der Waals surface area contributed by atoms with Gasteiger partial charge in [0.15, 0.2) is 0 Å². The second-order valence-corrected chi connectivity index (χ2v) is 4.16. The number of methoxy groups -OCH3 is 1. The van der Waals surface area contributed by atoms with Crippen molar-refractivity contribution in [3.63, 3.8) is 0 Å². The summed E-state index contributed by atoms with van der Waals surface area (Å²) in [6.45, 7) is 3.28. The van der Waals surface area contributed by atoms with Gasteiger partial charge in [-0.25, -0.2) is 0 Å². The van der Waals surface area contributed by atoms with Gasteiger partial charge >= 0.3 is 12.1 Å². The zero-order chi connectivity index (χ0) is 14.6. The highest BCUT2D eigenvalue weighted by molar-refractivity contribution is 5.72. The van der Waals surface area contributed by atoms with Crippen molar-refractivity contribution >= 4 is 5.97 Å². The van der Waals surface area contributed by atoms with Crippen molar-refractivity contribution in [3.8, 4) is 5.75 Å². The predicted molar refractivity (Wildman–Crippen MR) is 62.7 cm³/mol. The van der Waals surface area contributed by atoms with Crippen LogP contribution in [0.4, 0.5) is 13.2 Å². The van der Waals surface area contributed by atoms with Crippen molar-refractivity contribution in [1.29, 1.82) is 0 Å². The minimum Gasteiger partial charge on any atom is -0.490 e. The van der Waals surface area contributed by atoms with Crippen LogP contribution in [0.1, 0.15) is 19.4 Å². The van der Waals surface area contributed by atoms with E-state index in [1.807, 2.05) is 0 Å². The molecule has 0 aliphatic heterocycles. The van der Waals surface area contributed by atoms with Gasteiger partial charge in [-0.15, -0.1) is 0 Å². The van der Waals surface area contributed by atoms with E-state index in [0.29, 0.717) is 0 Å². The van der Waals surface area contributed by atoms with Crippen LogP contribution in [0.2, 0.25) is 0 Å². The van der Waals surface area contributed by atoms with Crippen molar-refractivity contribution in [2.75, 3.05) is 7.11 Å². The molecule has 0 aliphatic carbocycles. The van der Waals surface area contributed by atoms with Crippen LogP contribution in [0, 0.1) is 5.92 Å². The molecule has 0 spiro atoms. The molecule has 0 radical (unpaired) electrons. The lowest BCUT2D eigenvalue weighted by molar-refractivity contribution is -0.147. The summed E-state index contributed by atoms with van der Waals surface area (Å²) in [5.41, 5.74) is -0.742. The fourth-order valence-corrected chi connectivity index (χ4v) is 1.42. The lowest BCUT2D eigenvalue weighted by atomic mass is 10.1. The maximum absolute atomic E-state index is 12.4. The second-order valence-electron chi connectivity index (χ2n) is 4.16. The number of carbonyl (C=O) groups is 1. The summed E-state index contributed by atoms with van der Waals surface area (Å²) >= 11 is 0. The number of esters is 1. The zero-order valence-corrected chi connectivity index (χ0v) is 10.8. The molecule has 1 aromatic rings. The highest BCUT2D eigenvalue weighted by Gasteiger charge is 2.30. The number of ether oxygens (including phenoxy) is 2. The van der Waals surface area contributed by atoms with E-state index in [1.54, 1.807) is 13.8 Å². The van der Waals surface area contributed by atoms with Crippen molar-refractivity contribution in [1.82, 2.24) is 0 Å². The molecule has 0 saturated heterocycles. The summed E-state index contributed by atoms with van der Waals surface area (Å²) in [5.74, 6) is -0.664. The van der Waals surface area contributed by atoms with E-state index in [-0.39, 0.29) is 5.75 Å². The number of hydrogen-bond donors (Lipinski definition) is 0. The van der Waals surface area contributed by atoms with Gasteiger partial charge in [0.25, 0.3) is 0 Å². The van der Waals surface area contributed by atoms with Crippen LogP contribution >= 0.6 is 0 Å². The smallest absolute Gasteiger partial charge is 0.416 e. The van der Waals surface area contributed by atoms with E-state index < -0.39 is 29.7 Å². The lowest BCUT2D eigenvalue weighted by Gasteiger charge is -2.19. The molecule has 1 rings (SSSR count). The van der Waals surface area contributed by atoms with Gasteiger partial charge in [-0.3, -0.25) is 4.79 Å². The average molecular weight is 276 g/mol. The van der Waals surface area contributed by atoms with Gasteiger partial charge in [-0.1, -0.05) is 0 Å². The van der Waals surface area contributed by atoms with Gasteiger partial charge in [0.05, 0.1) is 18.6 Å². The van der Waals surface area contributed by atoms with Crippen molar-refractivity contribution in [3.05, 3.63) is 29.8 Å². The summed E-state index contributed by atoms with van der Waals surface area (Å²) in [6.07, 6.45) is -4.87. The van der Waals surface area contributed by atoms with Gasteiger partial charge in [0.2, 0.25) is 0 Å².